The van der Waals surface area contributed by atoms with Crippen molar-refractivity contribution in [3.8, 4) is 0 Å². The van der Waals surface area contributed by atoms with Crippen molar-refractivity contribution in [2.45, 2.75) is 130 Å². The second-order valence-corrected chi connectivity index (χ2v) is 7.75. The Labute approximate surface area is 142 Å². The molecule has 0 aliphatic heterocycles. The summed E-state index contributed by atoms with van der Waals surface area (Å²) in [5.74, 6) is 1.98. The Morgan fingerprint density at radius 2 is 0.909 bits per heavy atom. The molecule has 0 aromatic heterocycles. The zero-order chi connectivity index (χ0) is 16.5. The highest BCUT2D eigenvalue weighted by atomic mass is 14.2. The minimum Gasteiger partial charge on any atom is -0.0654 e. The summed E-state index contributed by atoms with van der Waals surface area (Å²) in [7, 11) is 0. The van der Waals surface area contributed by atoms with E-state index in [4.69, 9.17) is 0 Å². The topological polar surface area (TPSA) is 0 Å². The van der Waals surface area contributed by atoms with E-state index in [1.807, 2.05) is 0 Å². The van der Waals surface area contributed by atoms with Gasteiger partial charge in [0.2, 0.25) is 0 Å². The van der Waals surface area contributed by atoms with Crippen LogP contribution in [-0.2, 0) is 0 Å². The van der Waals surface area contributed by atoms with E-state index in [9.17, 15) is 0 Å². The smallest absolute Gasteiger partial charge is 0.0412 e. The summed E-state index contributed by atoms with van der Waals surface area (Å²) in [4.78, 5) is 0. The minimum absolute atomic E-state index is 0.958. The maximum Gasteiger partial charge on any atom is -0.0412 e. The summed E-state index contributed by atoms with van der Waals surface area (Å²) in [5, 5.41) is 0. The van der Waals surface area contributed by atoms with E-state index < -0.39 is 0 Å². The van der Waals surface area contributed by atoms with E-state index in [2.05, 4.69) is 27.7 Å². The number of hydrogen-bond donors (Lipinski definition) is 0. The molecule has 0 heteroatoms. The van der Waals surface area contributed by atoms with Crippen LogP contribution in [0.5, 0.6) is 0 Å². The van der Waals surface area contributed by atoms with Crippen LogP contribution in [0.3, 0.4) is 0 Å². The van der Waals surface area contributed by atoms with Gasteiger partial charge in [-0.25, -0.2) is 0 Å². The third-order valence-corrected chi connectivity index (χ3v) is 5.22. The lowest BCUT2D eigenvalue weighted by Crippen LogP contribution is -2.07. The molecule has 0 saturated heterocycles. The standard InChI is InChI=1S/C22H46/c1-5-8-11-12-13-16-17-21(4)20-22(18-14-9-6-2)19-15-10-7-3/h21-22H,5-20H2,1-4H3. The van der Waals surface area contributed by atoms with Gasteiger partial charge in [0.25, 0.3) is 0 Å². The molecule has 0 radical (unpaired) electrons. The molecule has 0 rings (SSSR count). The van der Waals surface area contributed by atoms with Gasteiger partial charge in [-0.1, -0.05) is 124 Å². The zero-order valence-electron chi connectivity index (χ0n) is 16.5. The van der Waals surface area contributed by atoms with Gasteiger partial charge in [0.1, 0.15) is 0 Å². The SMILES string of the molecule is CCCCCCCCC(C)CC(CCCCC)CCCCC. The highest BCUT2D eigenvalue weighted by Crippen LogP contribution is 2.27. The molecule has 1 atom stereocenters. The molecule has 1 unspecified atom stereocenters. The molecule has 22 heavy (non-hydrogen) atoms. The van der Waals surface area contributed by atoms with Crippen LogP contribution in [0.15, 0.2) is 0 Å². The monoisotopic (exact) mass is 310 g/mol. The molecule has 0 spiro atoms. The quantitative estimate of drug-likeness (QED) is 0.236. The lowest BCUT2D eigenvalue weighted by atomic mass is 9.85. The predicted molar refractivity (Wildman–Crippen MR) is 104 cm³/mol. The van der Waals surface area contributed by atoms with E-state index in [-0.39, 0.29) is 0 Å². The van der Waals surface area contributed by atoms with Crippen molar-refractivity contribution in [2.75, 3.05) is 0 Å². The summed E-state index contributed by atoms with van der Waals surface area (Å²) in [6.45, 7) is 9.47. The zero-order valence-corrected chi connectivity index (χ0v) is 16.5. The largest absolute Gasteiger partial charge is 0.0654 e. The van der Waals surface area contributed by atoms with Gasteiger partial charge in [0, 0.05) is 0 Å². The number of hydrogen-bond acceptors (Lipinski definition) is 0. The Morgan fingerprint density at radius 1 is 0.500 bits per heavy atom. The van der Waals surface area contributed by atoms with Gasteiger partial charge < -0.3 is 0 Å². The number of rotatable bonds is 17. The maximum atomic E-state index is 2.51. The predicted octanol–water partition coefficient (Wildman–Crippen LogP) is 8.54. The lowest BCUT2D eigenvalue weighted by Gasteiger charge is -2.21. The first-order chi connectivity index (χ1) is 10.7. The summed E-state index contributed by atoms with van der Waals surface area (Å²) < 4.78 is 0. The van der Waals surface area contributed by atoms with Crippen molar-refractivity contribution in [1.29, 1.82) is 0 Å². The maximum absolute atomic E-state index is 2.51. The second kappa shape index (κ2) is 17.4. The molecule has 0 saturated carbocycles. The van der Waals surface area contributed by atoms with Gasteiger partial charge in [0.05, 0.1) is 0 Å². The van der Waals surface area contributed by atoms with Crippen LogP contribution in [0.4, 0.5) is 0 Å². The van der Waals surface area contributed by atoms with E-state index in [0.29, 0.717) is 0 Å². The van der Waals surface area contributed by atoms with E-state index in [0.717, 1.165) is 11.8 Å². The van der Waals surface area contributed by atoms with Crippen molar-refractivity contribution in [1.82, 2.24) is 0 Å². The van der Waals surface area contributed by atoms with Crippen LogP contribution in [0, 0.1) is 11.8 Å². The van der Waals surface area contributed by atoms with Gasteiger partial charge in [0.15, 0.2) is 0 Å². The van der Waals surface area contributed by atoms with Crippen LogP contribution in [0.1, 0.15) is 130 Å². The van der Waals surface area contributed by atoms with Gasteiger partial charge >= 0.3 is 0 Å². The van der Waals surface area contributed by atoms with Crippen molar-refractivity contribution in [3.05, 3.63) is 0 Å². The molecule has 0 aliphatic rings. The van der Waals surface area contributed by atoms with Crippen molar-refractivity contribution < 1.29 is 0 Å². The Hall–Kier alpha value is 0. The van der Waals surface area contributed by atoms with Crippen molar-refractivity contribution in [3.63, 3.8) is 0 Å². The van der Waals surface area contributed by atoms with Crippen LogP contribution < -0.4 is 0 Å². The average Bonchev–Trinajstić information content (AvgIpc) is 2.51. The van der Waals surface area contributed by atoms with Crippen LogP contribution in [0.2, 0.25) is 0 Å². The minimum atomic E-state index is 0.958. The summed E-state index contributed by atoms with van der Waals surface area (Å²) >= 11 is 0. The van der Waals surface area contributed by atoms with Gasteiger partial charge in [-0.3, -0.25) is 0 Å². The van der Waals surface area contributed by atoms with E-state index >= 15 is 0 Å². The average molecular weight is 311 g/mol. The Morgan fingerprint density at radius 3 is 1.45 bits per heavy atom. The molecule has 0 amide bonds. The fraction of sp³-hybridized carbons (Fsp3) is 1.00. The highest BCUT2D eigenvalue weighted by molar-refractivity contribution is 4.65. The molecule has 134 valence electrons. The first kappa shape index (κ1) is 22.0. The van der Waals surface area contributed by atoms with Crippen LogP contribution in [-0.4, -0.2) is 0 Å². The third-order valence-electron chi connectivity index (χ3n) is 5.22. The fourth-order valence-electron chi connectivity index (χ4n) is 3.71. The molecule has 0 nitrogen and oxygen atoms in total. The van der Waals surface area contributed by atoms with E-state index in [1.165, 1.54) is 103 Å². The van der Waals surface area contributed by atoms with Crippen LogP contribution in [0.25, 0.3) is 0 Å². The molecule has 0 N–H and O–H groups in total. The molecule has 0 bridgehead atoms. The summed E-state index contributed by atoms with van der Waals surface area (Å²) in [5.41, 5.74) is 0. The van der Waals surface area contributed by atoms with Gasteiger partial charge in [-0.05, 0) is 18.3 Å². The van der Waals surface area contributed by atoms with E-state index in [1.54, 1.807) is 0 Å². The first-order valence-electron chi connectivity index (χ1n) is 10.7. The van der Waals surface area contributed by atoms with Gasteiger partial charge in [-0.2, -0.15) is 0 Å². The molecule has 0 heterocycles. The number of unbranched alkanes of at least 4 members (excludes halogenated alkanes) is 9. The van der Waals surface area contributed by atoms with Crippen LogP contribution >= 0.6 is 0 Å². The Kier molecular flexibility index (Phi) is 17.4. The second-order valence-electron chi connectivity index (χ2n) is 7.75. The Bertz CT molecular complexity index is 186. The molecule has 0 aliphatic carbocycles. The van der Waals surface area contributed by atoms with Crippen molar-refractivity contribution in [2.24, 2.45) is 11.8 Å². The molecule has 0 fully saturated rings. The third kappa shape index (κ3) is 14.9. The fourth-order valence-corrected chi connectivity index (χ4v) is 3.71. The Balaban J connectivity index is 3.79. The lowest BCUT2D eigenvalue weighted by molar-refractivity contribution is 0.315. The molecule has 0 aromatic rings. The first-order valence-corrected chi connectivity index (χ1v) is 10.7. The van der Waals surface area contributed by atoms with Crippen molar-refractivity contribution >= 4 is 0 Å². The molecule has 0 aromatic carbocycles. The molecular weight excluding hydrogens is 264 g/mol. The summed E-state index contributed by atoms with van der Waals surface area (Å²) in [6, 6.07) is 0. The van der Waals surface area contributed by atoms with Gasteiger partial charge in [-0.15, -0.1) is 0 Å². The normalized spacial score (nSPS) is 13.0. The molecular formula is C22H46. The highest BCUT2D eigenvalue weighted by Gasteiger charge is 2.13. The summed E-state index contributed by atoms with van der Waals surface area (Å²) in [6.07, 6.45) is 23.2.